The van der Waals surface area contributed by atoms with Crippen molar-refractivity contribution < 1.29 is 9.59 Å². The number of amides is 3. The molecule has 0 bridgehead atoms. The van der Waals surface area contributed by atoms with Crippen molar-refractivity contribution in [1.82, 2.24) is 10.3 Å². The molecule has 104 valence electrons. The molecule has 0 saturated heterocycles. The van der Waals surface area contributed by atoms with Crippen LogP contribution in [0.25, 0.3) is 0 Å². The van der Waals surface area contributed by atoms with E-state index in [1.807, 2.05) is 6.92 Å². The van der Waals surface area contributed by atoms with Crippen LogP contribution in [-0.2, 0) is 6.54 Å². The van der Waals surface area contributed by atoms with Gasteiger partial charge < -0.3 is 11.1 Å². The lowest BCUT2D eigenvalue weighted by Crippen LogP contribution is -2.28. The molecule has 0 aliphatic rings. The number of primary amides is 1. The maximum absolute atomic E-state index is 12.0. The van der Waals surface area contributed by atoms with E-state index >= 15 is 0 Å². The van der Waals surface area contributed by atoms with E-state index in [0.717, 1.165) is 10.4 Å². The predicted molar refractivity (Wildman–Crippen MR) is 77.7 cm³/mol. The molecule has 2 aromatic rings. The Hall–Kier alpha value is -2.41. The third kappa shape index (κ3) is 3.79. The van der Waals surface area contributed by atoms with Gasteiger partial charge in [-0.25, -0.2) is 9.78 Å². The molecule has 20 heavy (non-hydrogen) atoms. The van der Waals surface area contributed by atoms with Gasteiger partial charge in [0.05, 0.1) is 0 Å². The normalized spacial score (nSPS) is 10.1. The predicted octanol–water partition coefficient (Wildman–Crippen LogP) is 1.87. The van der Waals surface area contributed by atoms with Crippen molar-refractivity contribution in [3.63, 3.8) is 0 Å². The highest BCUT2D eigenvalue weighted by Gasteiger charge is 2.08. The fourth-order valence-corrected chi connectivity index (χ4v) is 2.20. The second-order valence-electron chi connectivity index (χ2n) is 4.14. The summed E-state index contributed by atoms with van der Waals surface area (Å²) in [5.74, 6) is -0.214. The molecule has 0 aliphatic heterocycles. The van der Waals surface area contributed by atoms with Gasteiger partial charge in [0.2, 0.25) is 0 Å². The minimum absolute atomic E-state index is 0.214. The molecule has 6 nitrogen and oxygen atoms in total. The lowest BCUT2D eigenvalue weighted by Gasteiger charge is -2.04. The summed E-state index contributed by atoms with van der Waals surface area (Å²) in [6.07, 6.45) is 1.71. The molecule has 0 saturated carbocycles. The summed E-state index contributed by atoms with van der Waals surface area (Å²) in [7, 11) is 0. The molecule has 0 fully saturated rings. The van der Waals surface area contributed by atoms with Gasteiger partial charge >= 0.3 is 6.03 Å². The number of aromatic nitrogens is 1. The van der Waals surface area contributed by atoms with Crippen molar-refractivity contribution in [1.29, 1.82) is 0 Å². The lowest BCUT2D eigenvalue weighted by atomic mass is 10.1. The van der Waals surface area contributed by atoms with Crippen molar-refractivity contribution in [2.24, 2.45) is 5.73 Å². The highest BCUT2D eigenvalue weighted by Crippen LogP contribution is 2.17. The Balaban J connectivity index is 1.98. The molecule has 1 heterocycles. The van der Waals surface area contributed by atoms with Crippen molar-refractivity contribution in [2.75, 3.05) is 5.32 Å². The van der Waals surface area contributed by atoms with Crippen LogP contribution in [0.3, 0.4) is 0 Å². The zero-order valence-corrected chi connectivity index (χ0v) is 11.7. The topological polar surface area (TPSA) is 97.1 Å². The van der Waals surface area contributed by atoms with Crippen molar-refractivity contribution >= 4 is 28.4 Å². The monoisotopic (exact) mass is 290 g/mol. The Labute approximate surface area is 120 Å². The third-order valence-electron chi connectivity index (χ3n) is 2.52. The van der Waals surface area contributed by atoms with Gasteiger partial charge in [-0.1, -0.05) is 12.1 Å². The molecule has 7 heteroatoms. The first-order valence-electron chi connectivity index (χ1n) is 5.90. The summed E-state index contributed by atoms with van der Waals surface area (Å²) in [5.41, 5.74) is 6.38. The van der Waals surface area contributed by atoms with Crippen LogP contribution in [0.15, 0.2) is 30.5 Å². The van der Waals surface area contributed by atoms with Crippen LogP contribution >= 0.6 is 11.3 Å². The fourth-order valence-electron chi connectivity index (χ4n) is 1.54. The van der Waals surface area contributed by atoms with E-state index in [9.17, 15) is 9.59 Å². The molecule has 0 aliphatic carbocycles. The molecule has 3 amide bonds. The highest BCUT2D eigenvalue weighted by molar-refractivity contribution is 7.15. The zero-order chi connectivity index (χ0) is 14.5. The molecule has 0 spiro atoms. The summed E-state index contributed by atoms with van der Waals surface area (Å²) in [4.78, 5) is 27.7. The maximum Gasteiger partial charge on any atom is 0.312 e. The summed E-state index contributed by atoms with van der Waals surface area (Å²) in [6, 6.07) is 6.32. The second kappa shape index (κ2) is 6.16. The van der Waals surface area contributed by atoms with Crippen LogP contribution in [-0.4, -0.2) is 16.9 Å². The van der Waals surface area contributed by atoms with E-state index in [1.165, 1.54) is 11.3 Å². The number of nitrogens with zero attached hydrogens (tertiary/aromatic N) is 1. The second-order valence-corrected chi connectivity index (χ2v) is 5.38. The number of carbonyl (C=O) groups excluding carboxylic acids is 2. The Morgan fingerprint density at radius 3 is 2.55 bits per heavy atom. The van der Waals surface area contributed by atoms with Crippen LogP contribution < -0.4 is 16.4 Å². The van der Waals surface area contributed by atoms with E-state index in [0.29, 0.717) is 17.2 Å². The van der Waals surface area contributed by atoms with E-state index in [1.54, 1.807) is 30.5 Å². The first-order valence-corrected chi connectivity index (χ1v) is 6.72. The average Bonchev–Trinajstić information content (AvgIpc) is 2.82. The number of hydrogen-bond donors (Lipinski definition) is 3. The minimum atomic E-state index is -0.578. The Morgan fingerprint density at radius 1 is 1.30 bits per heavy atom. The third-order valence-corrected chi connectivity index (χ3v) is 3.35. The van der Waals surface area contributed by atoms with Crippen molar-refractivity contribution in [2.45, 2.75) is 13.5 Å². The first-order chi connectivity index (χ1) is 9.54. The summed E-state index contributed by atoms with van der Waals surface area (Å²) < 4.78 is 0. The van der Waals surface area contributed by atoms with Gasteiger partial charge in [-0.15, -0.1) is 11.3 Å². The number of anilines is 1. The van der Waals surface area contributed by atoms with Gasteiger partial charge in [-0.3, -0.25) is 10.1 Å². The fraction of sp³-hybridized carbons (Fsp3) is 0.154. The molecule has 0 atom stereocenters. The molecular weight excluding hydrogens is 276 g/mol. The highest BCUT2D eigenvalue weighted by atomic mass is 32.1. The summed E-state index contributed by atoms with van der Waals surface area (Å²) in [5, 5.41) is 5.79. The molecule has 1 aromatic heterocycles. The Kier molecular flexibility index (Phi) is 4.31. The van der Waals surface area contributed by atoms with Crippen LogP contribution in [0.5, 0.6) is 0 Å². The molecule has 0 unspecified atom stereocenters. The average molecular weight is 290 g/mol. The van der Waals surface area contributed by atoms with Crippen molar-refractivity contribution in [3.05, 3.63) is 46.5 Å². The number of carbonyl (C=O) groups is 2. The zero-order valence-electron chi connectivity index (χ0n) is 10.8. The van der Waals surface area contributed by atoms with Gasteiger partial charge in [0.25, 0.3) is 5.91 Å². The number of urea groups is 1. The van der Waals surface area contributed by atoms with Crippen LogP contribution in [0.4, 0.5) is 9.93 Å². The van der Waals surface area contributed by atoms with E-state index < -0.39 is 6.03 Å². The van der Waals surface area contributed by atoms with E-state index in [2.05, 4.69) is 15.6 Å². The number of thiazole rings is 1. The number of aryl methyl sites for hydroxylation is 1. The Morgan fingerprint density at radius 2 is 2.00 bits per heavy atom. The number of nitrogens with one attached hydrogen (secondary N) is 2. The standard InChI is InChI=1S/C13H14N4O2S/c1-8-6-16-13(20-8)17-11(18)10-4-2-9(3-5-10)7-15-12(14)19/h2-6H,7H2,1H3,(H3,14,15,19)(H,16,17,18). The number of nitrogens with two attached hydrogens (primary N) is 1. The van der Waals surface area contributed by atoms with Gasteiger partial charge in [-0.05, 0) is 24.6 Å². The van der Waals surface area contributed by atoms with Crippen LogP contribution in [0.2, 0.25) is 0 Å². The minimum Gasteiger partial charge on any atom is -0.352 e. The first kappa shape index (κ1) is 14.0. The van der Waals surface area contributed by atoms with Gasteiger partial charge in [0.15, 0.2) is 5.13 Å². The number of hydrogen-bond acceptors (Lipinski definition) is 4. The lowest BCUT2D eigenvalue weighted by molar-refractivity contribution is 0.102. The number of rotatable bonds is 4. The Bertz CT molecular complexity index is 622. The van der Waals surface area contributed by atoms with Gasteiger partial charge in [0.1, 0.15) is 0 Å². The summed E-state index contributed by atoms with van der Waals surface area (Å²) >= 11 is 1.42. The molecule has 2 rings (SSSR count). The number of benzene rings is 1. The van der Waals surface area contributed by atoms with Gasteiger partial charge in [-0.2, -0.15) is 0 Å². The SMILES string of the molecule is Cc1cnc(NC(=O)c2ccc(CNC(N)=O)cc2)s1. The molecular formula is C13H14N4O2S. The summed E-state index contributed by atoms with van der Waals surface area (Å²) in [6.45, 7) is 2.26. The van der Waals surface area contributed by atoms with Crippen LogP contribution in [0, 0.1) is 6.92 Å². The van der Waals surface area contributed by atoms with Crippen molar-refractivity contribution in [3.8, 4) is 0 Å². The quantitative estimate of drug-likeness (QED) is 0.801. The molecule has 1 aromatic carbocycles. The molecule has 0 radical (unpaired) electrons. The van der Waals surface area contributed by atoms with E-state index in [-0.39, 0.29) is 5.91 Å². The smallest absolute Gasteiger partial charge is 0.312 e. The van der Waals surface area contributed by atoms with E-state index in [4.69, 9.17) is 5.73 Å². The maximum atomic E-state index is 12.0. The van der Waals surface area contributed by atoms with Crippen LogP contribution in [0.1, 0.15) is 20.8 Å². The largest absolute Gasteiger partial charge is 0.352 e. The molecule has 4 N–H and O–H groups in total. The van der Waals surface area contributed by atoms with Gasteiger partial charge in [0, 0.05) is 23.2 Å².